The summed E-state index contributed by atoms with van der Waals surface area (Å²) in [4.78, 5) is 30.9. The third-order valence-electron chi connectivity index (χ3n) is 2.21. The number of carbonyl (C=O) groups excluding carboxylic acids is 1. The molecule has 0 fully saturated rings. The number of hydrogen-bond donors (Lipinski definition) is 1. The van der Waals surface area contributed by atoms with Crippen molar-refractivity contribution in [2.24, 2.45) is 0 Å². The van der Waals surface area contributed by atoms with Crippen LogP contribution in [0.2, 0.25) is 0 Å². The molecule has 2 rings (SSSR count). The van der Waals surface area contributed by atoms with Crippen molar-refractivity contribution in [3.8, 4) is 5.82 Å². The molecule has 0 radical (unpaired) electrons. The molecule has 94 valence electrons. The number of hydrogen-bond acceptors (Lipinski definition) is 4. The van der Waals surface area contributed by atoms with Crippen LogP contribution in [0.5, 0.6) is 0 Å². The Balaban J connectivity index is 2.45. The monoisotopic (exact) mass is 311 g/mol. The molecule has 0 aromatic carbocycles. The van der Waals surface area contributed by atoms with Crippen LogP contribution in [-0.4, -0.2) is 44.7 Å². The van der Waals surface area contributed by atoms with Crippen molar-refractivity contribution >= 4 is 21.8 Å². The van der Waals surface area contributed by atoms with Crippen molar-refractivity contribution < 1.29 is 4.79 Å². The lowest BCUT2D eigenvalue weighted by atomic mass is 10.4. The predicted molar refractivity (Wildman–Crippen MR) is 67.7 cm³/mol. The summed E-state index contributed by atoms with van der Waals surface area (Å²) in [6.45, 7) is 0. The number of nitrogens with zero attached hydrogens (tertiary/aromatic N) is 4. The molecular formula is C10H10BrN5O2. The fourth-order valence-electron chi connectivity index (χ4n) is 1.32. The Morgan fingerprint density at radius 1 is 1.50 bits per heavy atom. The zero-order chi connectivity index (χ0) is 13.3. The molecule has 0 bridgehead atoms. The van der Waals surface area contributed by atoms with E-state index in [-0.39, 0.29) is 21.6 Å². The number of carbonyl (C=O) groups is 1. The lowest BCUT2D eigenvalue weighted by Gasteiger charge is -2.07. The number of nitrogens with one attached hydrogen (secondary N) is 1. The van der Waals surface area contributed by atoms with Gasteiger partial charge in [-0.25, -0.2) is 9.67 Å². The second kappa shape index (κ2) is 4.73. The molecule has 0 saturated carbocycles. The summed E-state index contributed by atoms with van der Waals surface area (Å²) in [5.41, 5.74) is -0.0232. The first kappa shape index (κ1) is 12.5. The van der Waals surface area contributed by atoms with Crippen molar-refractivity contribution in [1.29, 1.82) is 0 Å². The van der Waals surface area contributed by atoms with Crippen molar-refractivity contribution in [1.82, 2.24) is 24.6 Å². The smallest absolute Gasteiger partial charge is 0.273 e. The highest BCUT2D eigenvalue weighted by Crippen LogP contribution is 2.13. The molecule has 0 aliphatic heterocycles. The summed E-state index contributed by atoms with van der Waals surface area (Å²) in [6.07, 6.45) is 2.85. The molecule has 0 saturated heterocycles. The highest BCUT2D eigenvalue weighted by molar-refractivity contribution is 9.10. The average Bonchev–Trinajstić information content (AvgIpc) is 2.80. The molecule has 0 atom stereocenters. The van der Waals surface area contributed by atoms with Crippen LogP contribution in [-0.2, 0) is 0 Å². The summed E-state index contributed by atoms with van der Waals surface area (Å²) in [7, 11) is 3.28. The molecule has 0 aliphatic carbocycles. The lowest BCUT2D eigenvalue weighted by molar-refractivity contribution is 0.0821. The Morgan fingerprint density at radius 3 is 2.89 bits per heavy atom. The molecule has 0 spiro atoms. The first-order chi connectivity index (χ1) is 8.50. The van der Waals surface area contributed by atoms with E-state index in [0.29, 0.717) is 5.82 Å². The maximum atomic E-state index is 11.7. The maximum Gasteiger partial charge on any atom is 0.273 e. The van der Waals surface area contributed by atoms with Gasteiger partial charge in [0.15, 0.2) is 11.5 Å². The zero-order valence-electron chi connectivity index (χ0n) is 9.72. The standard InChI is InChI=1S/C10H10BrN5O2/c1-15(2)10(18)6-3-4-16(14-6)8-7(11)9(17)13-5-12-8/h3-5H,1-2H3,(H,12,13,17). The molecule has 2 aromatic heterocycles. The van der Waals surface area contributed by atoms with Crippen LogP contribution in [0.15, 0.2) is 27.9 Å². The highest BCUT2D eigenvalue weighted by Gasteiger charge is 2.14. The van der Waals surface area contributed by atoms with Crippen LogP contribution in [0.1, 0.15) is 10.5 Å². The second-order valence-corrected chi connectivity index (χ2v) is 4.51. The van der Waals surface area contributed by atoms with E-state index in [2.05, 4.69) is 31.0 Å². The van der Waals surface area contributed by atoms with E-state index in [4.69, 9.17) is 0 Å². The molecule has 0 aliphatic rings. The number of rotatable bonds is 2. The van der Waals surface area contributed by atoms with Gasteiger partial charge in [-0.15, -0.1) is 0 Å². The van der Waals surface area contributed by atoms with E-state index in [1.165, 1.54) is 15.9 Å². The SMILES string of the molecule is CN(C)C(=O)c1ccn(-c2nc[nH]c(=O)c2Br)n1. The third-order valence-corrected chi connectivity index (χ3v) is 2.92. The van der Waals surface area contributed by atoms with Gasteiger partial charge in [0.25, 0.3) is 11.5 Å². The average molecular weight is 312 g/mol. The van der Waals surface area contributed by atoms with Gasteiger partial charge in [-0.05, 0) is 22.0 Å². The van der Waals surface area contributed by atoms with Crippen LogP contribution < -0.4 is 5.56 Å². The third kappa shape index (κ3) is 2.19. The van der Waals surface area contributed by atoms with Crippen LogP contribution in [0, 0.1) is 0 Å². The molecule has 18 heavy (non-hydrogen) atoms. The van der Waals surface area contributed by atoms with Crippen LogP contribution in [0.25, 0.3) is 5.82 Å². The fourth-order valence-corrected chi connectivity index (χ4v) is 1.72. The van der Waals surface area contributed by atoms with Crippen molar-refractivity contribution in [3.05, 3.63) is 39.1 Å². The quantitative estimate of drug-likeness (QED) is 0.871. The number of amides is 1. The number of H-pyrrole nitrogens is 1. The van der Waals surface area contributed by atoms with E-state index >= 15 is 0 Å². The van der Waals surface area contributed by atoms with Crippen molar-refractivity contribution in [3.63, 3.8) is 0 Å². The van der Waals surface area contributed by atoms with Crippen LogP contribution in [0.3, 0.4) is 0 Å². The van der Waals surface area contributed by atoms with Gasteiger partial charge in [-0.1, -0.05) is 0 Å². The van der Waals surface area contributed by atoms with Crippen LogP contribution in [0.4, 0.5) is 0 Å². The lowest BCUT2D eigenvalue weighted by Crippen LogP contribution is -2.22. The Bertz CT molecular complexity index is 646. The molecule has 1 amide bonds. The second-order valence-electron chi connectivity index (χ2n) is 3.71. The van der Waals surface area contributed by atoms with Gasteiger partial charge < -0.3 is 9.88 Å². The number of aromatic amines is 1. The van der Waals surface area contributed by atoms with E-state index in [1.54, 1.807) is 26.4 Å². The van der Waals surface area contributed by atoms with E-state index in [9.17, 15) is 9.59 Å². The van der Waals surface area contributed by atoms with E-state index in [1.807, 2.05) is 0 Å². The van der Waals surface area contributed by atoms with Gasteiger partial charge >= 0.3 is 0 Å². The van der Waals surface area contributed by atoms with Crippen molar-refractivity contribution in [2.45, 2.75) is 0 Å². The minimum atomic E-state index is -0.309. The zero-order valence-corrected chi connectivity index (χ0v) is 11.3. The normalized spacial score (nSPS) is 10.4. The largest absolute Gasteiger partial charge is 0.343 e. The Labute approximate surface area is 111 Å². The van der Waals surface area contributed by atoms with Crippen LogP contribution >= 0.6 is 15.9 Å². The number of halogens is 1. The molecule has 0 unspecified atom stereocenters. The highest BCUT2D eigenvalue weighted by atomic mass is 79.9. The molecule has 7 nitrogen and oxygen atoms in total. The summed E-state index contributed by atoms with van der Waals surface area (Å²) in [6, 6.07) is 1.57. The Hall–Kier alpha value is -1.96. The summed E-state index contributed by atoms with van der Waals surface area (Å²) in [5.74, 6) is 0.117. The first-order valence-corrected chi connectivity index (χ1v) is 5.81. The molecule has 1 N–H and O–H groups in total. The van der Waals surface area contributed by atoms with Gasteiger partial charge in [0.1, 0.15) is 4.47 Å². The van der Waals surface area contributed by atoms with Gasteiger partial charge in [0.2, 0.25) is 0 Å². The van der Waals surface area contributed by atoms with E-state index in [0.717, 1.165) is 0 Å². The van der Waals surface area contributed by atoms with E-state index < -0.39 is 0 Å². The predicted octanol–water partition coefficient (Wildman–Crippen LogP) is 0.420. The number of aromatic nitrogens is 4. The topological polar surface area (TPSA) is 83.9 Å². The first-order valence-electron chi connectivity index (χ1n) is 5.01. The molecule has 2 heterocycles. The van der Waals surface area contributed by atoms with Gasteiger partial charge in [0, 0.05) is 20.3 Å². The van der Waals surface area contributed by atoms with Gasteiger partial charge in [0.05, 0.1) is 6.33 Å². The Morgan fingerprint density at radius 2 is 2.22 bits per heavy atom. The molecule has 8 heteroatoms. The summed E-state index contributed by atoms with van der Waals surface area (Å²) >= 11 is 3.13. The summed E-state index contributed by atoms with van der Waals surface area (Å²) < 4.78 is 1.63. The fraction of sp³-hybridized carbons (Fsp3) is 0.200. The minimum absolute atomic E-state index is 0.213. The Kier molecular flexibility index (Phi) is 3.28. The molecule has 2 aromatic rings. The van der Waals surface area contributed by atoms with Crippen molar-refractivity contribution in [2.75, 3.05) is 14.1 Å². The minimum Gasteiger partial charge on any atom is -0.343 e. The summed E-state index contributed by atoms with van der Waals surface area (Å²) in [5, 5.41) is 4.08. The molecular weight excluding hydrogens is 302 g/mol. The van der Waals surface area contributed by atoms with Gasteiger partial charge in [-0.2, -0.15) is 5.10 Å². The van der Waals surface area contributed by atoms with Gasteiger partial charge in [-0.3, -0.25) is 9.59 Å². The maximum absolute atomic E-state index is 11.7.